The normalized spacial score (nSPS) is 46.4. The molecule has 0 bridgehead atoms. The van der Waals surface area contributed by atoms with Gasteiger partial charge in [-0.25, -0.2) is 0 Å². The maximum absolute atomic E-state index is 11.4. The van der Waals surface area contributed by atoms with Crippen LogP contribution in [0.3, 0.4) is 0 Å². The van der Waals surface area contributed by atoms with Crippen LogP contribution in [-0.4, -0.2) is 183 Å². The van der Waals surface area contributed by atoms with Crippen molar-refractivity contribution in [1.82, 2.24) is 10.6 Å². The predicted molar refractivity (Wildman–Crippen MR) is 138 cm³/mol. The molecular weight excluding hydrogens is 554 g/mol. The van der Waals surface area contributed by atoms with Crippen molar-refractivity contribution in [2.45, 2.75) is 104 Å². The number of aliphatic hydroxyl groups is 9. The van der Waals surface area contributed by atoms with Gasteiger partial charge in [0.15, 0.2) is 12.6 Å². The Bertz CT molecular complexity index is 777. The van der Waals surface area contributed by atoms with Crippen molar-refractivity contribution in [2.75, 3.05) is 39.4 Å². The fourth-order valence-electron chi connectivity index (χ4n) is 5.23. The maximum Gasteiger partial charge on any atom is 0.187 e. The molecule has 2 aliphatic heterocycles. The van der Waals surface area contributed by atoms with Crippen molar-refractivity contribution in [3.8, 4) is 0 Å². The Morgan fingerprint density at radius 1 is 0.805 bits per heavy atom. The first-order valence-electron chi connectivity index (χ1n) is 13.7. The van der Waals surface area contributed by atoms with Gasteiger partial charge in [0.05, 0.1) is 25.4 Å². The van der Waals surface area contributed by atoms with Crippen LogP contribution in [0, 0.1) is 0 Å². The number of hydrogen-bond acceptors (Lipinski definition) is 18. The molecule has 0 aromatic rings. The van der Waals surface area contributed by atoms with Crippen LogP contribution in [0.15, 0.2) is 0 Å². The zero-order valence-corrected chi connectivity index (χ0v) is 22.6. The Labute approximate surface area is 236 Å². The fraction of sp³-hybridized carbons (Fsp3) is 1.00. The van der Waals surface area contributed by atoms with Crippen molar-refractivity contribution in [1.29, 1.82) is 0 Å². The third-order valence-corrected chi connectivity index (χ3v) is 7.73. The van der Waals surface area contributed by atoms with Crippen LogP contribution in [0.1, 0.15) is 6.42 Å². The molecule has 1 saturated carbocycles. The second kappa shape index (κ2) is 15.8. The molecule has 2 unspecified atom stereocenters. The van der Waals surface area contributed by atoms with E-state index < -0.39 is 104 Å². The van der Waals surface area contributed by atoms with Gasteiger partial charge in [-0.15, -0.1) is 0 Å². The molecule has 41 heavy (non-hydrogen) atoms. The average Bonchev–Trinajstić information content (AvgIpc) is 2.96. The molecule has 18 heteroatoms. The molecule has 3 rings (SSSR count). The van der Waals surface area contributed by atoms with E-state index in [1.807, 2.05) is 0 Å². The van der Waals surface area contributed by atoms with Crippen LogP contribution in [0.2, 0.25) is 0 Å². The second-order valence-corrected chi connectivity index (χ2v) is 10.7. The van der Waals surface area contributed by atoms with Gasteiger partial charge in [-0.3, -0.25) is 0 Å². The second-order valence-electron chi connectivity index (χ2n) is 10.7. The van der Waals surface area contributed by atoms with Gasteiger partial charge < -0.3 is 92.7 Å². The Morgan fingerprint density at radius 2 is 1.44 bits per heavy atom. The predicted octanol–water partition coefficient (Wildman–Crippen LogP) is -8.72. The summed E-state index contributed by atoms with van der Waals surface area (Å²) in [6, 6.07) is -2.91. The van der Waals surface area contributed by atoms with Crippen molar-refractivity contribution >= 4 is 0 Å². The van der Waals surface area contributed by atoms with Crippen molar-refractivity contribution in [3.05, 3.63) is 0 Å². The van der Waals surface area contributed by atoms with Gasteiger partial charge in [0.25, 0.3) is 0 Å². The van der Waals surface area contributed by atoms with Gasteiger partial charge in [0.2, 0.25) is 0 Å². The summed E-state index contributed by atoms with van der Waals surface area (Å²) in [7, 11) is 0. The lowest BCUT2D eigenvalue weighted by Crippen LogP contribution is -2.69. The van der Waals surface area contributed by atoms with Crippen molar-refractivity contribution in [2.24, 2.45) is 17.2 Å². The van der Waals surface area contributed by atoms with E-state index in [1.165, 1.54) is 0 Å². The average molecular weight is 602 g/mol. The SMILES string of the molecule is NCC(O)CN[C@@H]1C[C@H](N)C(O[C@H]2O[C@H](CNCCO)[C@@H](O)[C@H](O)[C@H]2O)[C@H](O)[C@H]1O[C@H]1O[C@H](CO)[C@@H](O)[C@H](N)[C@H]1O. The summed E-state index contributed by atoms with van der Waals surface area (Å²) in [4.78, 5) is 0. The van der Waals surface area contributed by atoms with Crippen molar-refractivity contribution in [3.63, 3.8) is 0 Å². The molecule has 0 amide bonds. The summed E-state index contributed by atoms with van der Waals surface area (Å²) in [6.07, 6.45) is -18.1. The maximum atomic E-state index is 11.4. The number of nitrogens with one attached hydrogen (secondary N) is 2. The molecule has 0 aromatic heterocycles. The molecule has 0 spiro atoms. The van der Waals surface area contributed by atoms with E-state index in [2.05, 4.69) is 10.6 Å². The molecule has 242 valence electrons. The monoisotopic (exact) mass is 601 g/mol. The van der Waals surface area contributed by atoms with E-state index in [4.69, 9.17) is 41.3 Å². The summed E-state index contributed by atoms with van der Waals surface area (Å²) >= 11 is 0. The molecule has 3 aliphatic rings. The highest BCUT2D eigenvalue weighted by Crippen LogP contribution is 2.32. The highest BCUT2D eigenvalue weighted by molar-refractivity contribution is 5.02. The fourth-order valence-corrected chi connectivity index (χ4v) is 5.23. The first-order valence-corrected chi connectivity index (χ1v) is 13.7. The Hall–Kier alpha value is -0.720. The lowest BCUT2D eigenvalue weighted by Gasteiger charge is -2.49. The van der Waals surface area contributed by atoms with Gasteiger partial charge in [-0.1, -0.05) is 0 Å². The number of rotatable bonds is 13. The minimum atomic E-state index is -1.72. The molecule has 3 fully saturated rings. The summed E-state index contributed by atoms with van der Waals surface area (Å²) in [5, 5.41) is 97.8. The Balaban J connectivity index is 1.79. The zero-order valence-electron chi connectivity index (χ0n) is 22.6. The van der Waals surface area contributed by atoms with E-state index in [0.717, 1.165) is 0 Å². The Kier molecular flexibility index (Phi) is 13.4. The van der Waals surface area contributed by atoms with E-state index >= 15 is 0 Å². The van der Waals surface area contributed by atoms with E-state index in [1.54, 1.807) is 0 Å². The smallest absolute Gasteiger partial charge is 0.187 e. The van der Waals surface area contributed by atoms with Crippen LogP contribution in [-0.2, 0) is 18.9 Å². The van der Waals surface area contributed by atoms with E-state index in [9.17, 15) is 40.9 Å². The lowest BCUT2D eigenvalue weighted by molar-refractivity contribution is -0.333. The van der Waals surface area contributed by atoms with Gasteiger partial charge in [-0.2, -0.15) is 0 Å². The molecule has 17 N–H and O–H groups in total. The van der Waals surface area contributed by atoms with E-state index in [-0.39, 0.29) is 39.2 Å². The summed E-state index contributed by atoms with van der Waals surface area (Å²) in [5.41, 5.74) is 17.7. The number of aliphatic hydroxyl groups excluding tert-OH is 9. The number of nitrogens with two attached hydrogens (primary N) is 3. The minimum absolute atomic E-state index is 0.000871. The molecule has 0 radical (unpaired) electrons. The Morgan fingerprint density at radius 3 is 2.07 bits per heavy atom. The van der Waals surface area contributed by atoms with Crippen molar-refractivity contribution < 1.29 is 64.9 Å². The standard InChI is InChI=1S/C23H47N5O13/c24-4-8(31)5-28-10-3-9(25)20(40-23-18(36)17(35)15(33)11(38-23)6-27-1-2-29)19(37)21(10)41-22-16(34)13(26)14(32)12(7-30)39-22/h8-23,27-37H,1-7,24-26H2/t8?,9-,10+,11+,12+,13-,14+,15+,16+,17-,18+,19-,20?,21-,22+,23+/m0/s1. The van der Waals surface area contributed by atoms with Crippen LogP contribution in [0.25, 0.3) is 0 Å². The lowest BCUT2D eigenvalue weighted by atomic mass is 9.83. The van der Waals surface area contributed by atoms with Gasteiger partial charge in [-0.05, 0) is 6.42 Å². The van der Waals surface area contributed by atoms with Crippen LogP contribution in [0.5, 0.6) is 0 Å². The van der Waals surface area contributed by atoms with Gasteiger partial charge in [0.1, 0.15) is 61.0 Å². The molecule has 16 atom stereocenters. The highest BCUT2D eigenvalue weighted by atomic mass is 16.7. The molecule has 2 saturated heterocycles. The number of ether oxygens (including phenoxy) is 4. The summed E-state index contributed by atoms with van der Waals surface area (Å²) in [5.74, 6) is 0. The topological polar surface area (TPSA) is 321 Å². The van der Waals surface area contributed by atoms with Gasteiger partial charge in [0, 0.05) is 38.3 Å². The van der Waals surface area contributed by atoms with Crippen LogP contribution < -0.4 is 27.8 Å². The van der Waals surface area contributed by atoms with Gasteiger partial charge >= 0.3 is 0 Å². The molecule has 1 aliphatic carbocycles. The molecular formula is C23H47N5O13. The summed E-state index contributed by atoms with van der Waals surface area (Å²) < 4.78 is 23.0. The number of hydrogen-bond donors (Lipinski definition) is 14. The third-order valence-electron chi connectivity index (χ3n) is 7.73. The van der Waals surface area contributed by atoms with Crippen LogP contribution in [0.4, 0.5) is 0 Å². The molecule has 18 nitrogen and oxygen atoms in total. The molecule has 0 aromatic carbocycles. The summed E-state index contributed by atoms with van der Waals surface area (Å²) in [6.45, 7) is -0.689. The van der Waals surface area contributed by atoms with Crippen LogP contribution >= 0.6 is 0 Å². The highest BCUT2D eigenvalue weighted by Gasteiger charge is 2.52. The molecule has 2 heterocycles. The largest absolute Gasteiger partial charge is 0.395 e. The first kappa shape index (κ1) is 34.8. The quantitative estimate of drug-likeness (QED) is 0.0871. The zero-order chi connectivity index (χ0) is 30.4. The van der Waals surface area contributed by atoms with E-state index in [0.29, 0.717) is 0 Å². The first-order chi connectivity index (χ1) is 19.4. The third kappa shape index (κ3) is 8.26. The minimum Gasteiger partial charge on any atom is -0.395 e.